The van der Waals surface area contributed by atoms with E-state index >= 15 is 0 Å². The quantitative estimate of drug-likeness (QED) is 0.867. The third-order valence-electron chi connectivity index (χ3n) is 3.43. The molecule has 1 heterocycles. The van der Waals surface area contributed by atoms with E-state index in [1.54, 1.807) is 24.0 Å². The number of carbonyl (C=O) groups is 2. The number of nitrogens with zero attached hydrogens (tertiary/aromatic N) is 1. The van der Waals surface area contributed by atoms with Crippen molar-refractivity contribution >= 4 is 29.3 Å². The average Bonchev–Trinajstić information content (AvgIpc) is 2.98. The Balaban J connectivity index is 2.10. The Morgan fingerprint density at radius 3 is 2.86 bits per heavy atom. The fourth-order valence-electron chi connectivity index (χ4n) is 2.26. The number of rotatable bonds is 4. The van der Waals surface area contributed by atoms with Gasteiger partial charge in [-0.3, -0.25) is 9.59 Å². The number of amides is 2. The molecule has 2 rings (SSSR count). The highest BCUT2D eigenvalue weighted by atomic mass is 32.2. The smallest absolute Gasteiger partial charge is 0.250 e. The molecule has 6 heteroatoms. The summed E-state index contributed by atoms with van der Waals surface area (Å²) < 4.78 is 13.6. The number of para-hydroxylation sites is 1. The van der Waals surface area contributed by atoms with E-state index in [9.17, 15) is 14.0 Å². The molecule has 118 valence electrons. The number of hydrogen-bond donors (Lipinski definition) is 1. The number of hydrogen-bond acceptors (Lipinski definition) is 3. The van der Waals surface area contributed by atoms with E-state index in [0.717, 1.165) is 6.42 Å². The van der Waals surface area contributed by atoms with Crippen LogP contribution >= 0.6 is 11.8 Å². The Morgan fingerprint density at radius 2 is 2.18 bits per heavy atom. The monoisotopic (exact) mass is 322 g/mol. The first-order chi connectivity index (χ1) is 10.5. The summed E-state index contributed by atoms with van der Waals surface area (Å²) in [5, 5.41) is 2.57. The molecule has 1 aromatic carbocycles. The van der Waals surface area contributed by atoms with Gasteiger partial charge in [0.15, 0.2) is 0 Å². The van der Waals surface area contributed by atoms with Crippen LogP contribution in [0, 0.1) is 5.82 Å². The fourth-order valence-corrected chi connectivity index (χ4v) is 3.41. The van der Waals surface area contributed by atoms with Crippen LogP contribution in [0.5, 0.6) is 0 Å². The fraction of sp³-hybridized carbons (Fsp3) is 0.375. The first-order valence-electron chi connectivity index (χ1n) is 7.15. The van der Waals surface area contributed by atoms with Crippen molar-refractivity contribution in [2.45, 2.75) is 26.3 Å². The molecule has 1 saturated heterocycles. The van der Waals surface area contributed by atoms with Crippen molar-refractivity contribution in [1.82, 2.24) is 4.90 Å². The zero-order chi connectivity index (χ0) is 16.1. The molecule has 1 unspecified atom stereocenters. The lowest BCUT2D eigenvalue weighted by Gasteiger charge is -2.23. The molecule has 0 spiro atoms. The van der Waals surface area contributed by atoms with Gasteiger partial charge in [0, 0.05) is 11.3 Å². The Hall–Kier alpha value is -1.82. The van der Waals surface area contributed by atoms with Crippen LogP contribution in [-0.2, 0) is 9.59 Å². The van der Waals surface area contributed by atoms with Crippen LogP contribution in [0.2, 0.25) is 0 Å². The van der Waals surface area contributed by atoms with Gasteiger partial charge in [-0.2, -0.15) is 0 Å². The molecule has 1 atom stereocenters. The molecule has 4 nitrogen and oxygen atoms in total. The van der Waals surface area contributed by atoms with E-state index in [1.165, 1.54) is 23.9 Å². The lowest BCUT2D eigenvalue weighted by Crippen LogP contribution is -2.44. The SMILES string of the molecule is CCC=C(C)C(=O)N1CSCC1C(=O)Nc1ccccc1F. The lowest BCUT2D eigenvalue weighted by molar-refractivity contribution is -0.133. The second-order valence-corrected chi connectivity index (χ2v) is 6.05. The van der Waals surface area contributed by atoms with Gasteiger partial charge < -0.3 is 10.2 Å². The van der Waals surface area contributed by atoms with Gasteiger partial charge in [0.2, 0.25) is 5.91 Å². The Labute approximate surface area is 133 Å². The Kier molecular flexibility index (Phi) is 5.60. The van der Waals surface area contributed by atoms with Crippen LogP contribution in [0.4, 0.5) is 10.1 Å². The minimum Gasteiger partial charge on any atom is -0.322 e. The van der Waals surface area contributed by atoms with Crippen molar-refractivity contribution in [2.24, 2.45) is 0 Å². The van der Waals surface area contributed by atoms with Crippen molar-refractivity contribution < 1.29 is 14.0 Å². The predicted octanol–water partition coefficient (Wildman–Crippen LogP) is 3.02. The molecule has 1 aromatic rings. The second-order valence-electron chi connectivity index (χ2n) is 5.06. The van der Waals surface area contributed by atoms with Crippen LogP contribution in [0.15, 0.2) is 35.9 Å². The van der Waals surface area contributed by atoms with Crippen LogP contribution in [0.1, 0.15) is 20.3 Å². The molecular weight excluding hydrogens is 303 g/mol. The summed E-state index contributed by atoms with van der Waals surface area (Å²) in [6, 6.07) is 5.43. The standard InChI is InChI=1S/C16H19FN2O2S/c1-3-6-11(2)16(21)19-10-22-9-14(19)15(20)18-13-8-5-4-7-12(13)17/h4-8,14H,3,9-10H2,1-2H3,(H,18,20). The van der Waals surface area contributed by atoms with E-state index in [0.29, 0.717) is 17.2 Å². The summed E-state index contributed by atoms with van der Waals surface area (Å²) in [4.78, 5) is 26.3. The molecule has 1 aliphatic rings. The van der Waals surface area contributed by atoms with Crippen molar-refractivity contribution in [3.05, 3.63) is 41.7 Å². The molecule has 0 radical (unpaired) electrons. The highest BCUT2D eigenvalue weighted by molar-refractivity contribution is 7.99. The van der Waals surface area contributed by atoms with Gasteiger partial charge in [0.25, 0.3) is 5.91 Å². The van der Waals surface area contributed by atoms with Gasteiger partial charge in [-0.15, -0.1) is 11.8 Å². The summed E-state index contributed by atoms with van der Waals surface area (Å²) in [6.07, 6.45) is 2.61. The van der Waals surface area contributed by atoms with E-state index < -0.39 is 11.9 Å². The molecule has 1 fully saturated rings. The van der Waals surface area contributed by atoms with Gasteiger partial charge in [0.05, 0.1) is 11.6 Å². The van der Waals surface area contributed by atoms with Crippen LogP contribution in [0.3, 0.4) is 0 Å². The van der Waals surface area contributed by atoms with Gasteiger partial charge in [-0.25, -0.2) is 4.39 Å². The van der Waals surface area contributed by atoms with E-state index in [2.05, 4.69) is 5.32 Å². The number of carbonyl (C=O) groups excluding carboxylic acids is 2. The van der Waals surface area contributed by atoms with Crippen LogP contribution in [-0.4, -0.2) is 34.4 Å². The third-order valence-corrected chi connectivity index (χ3v) is 4.44. The highest BCUT2D eigenvalue weighted by Gasteiger charge is 2.35. The van der Waals surface area contributed by atoms with Crippen molar-refractivity contribution in [3.63, 3.8) is 0 Å². The van der Waals surface area contributed by atoms with Crippen LogP contribution < -0.4 is 5.32 Å². The zero-order valence-electron chi connectivity index (χ0n) is 12.6. The summed E-state index contributed by atoms with van der Waals surface area (Å²) in [5.74, 6) is 0.0174. The maximum absolute atomic E-state index is 13.6. The average molecular weight is 322 g/mol. The summed E-state index contributed by atoms with van der Waals surface area (Å²) in [5.41, 5.74) is 0.770. The molecule has 1 aliphatic heterocycles. The lowest BCUT2D eigenvalue weighted by atomic mass is 10.2. The summed E-state index contributed by atoms with van der Waals surface area (Å²) in [6.45, 7) is 3.71. The number of halogens is 1. The van der Waals surface area contributed by atoms with Crippen LogP contribution in [0.25, 0.3) is 0 Å². The molecule has 22 heavy (non-hydrogen) atoms. The van der Waals surface area contributed by atoms with E-state index in [-0.39, 0.29) is 17.5 Å². The number of thioether (sulfide) groups is 1. The zero-order valence-corrected chi connectivity index (χ0v) is 13.5. The Bertz CT molecular complexity index is 604. The van der Waals surface area contributed by atoms with Crippen molar-refractivity contribution in [2.75, 3.05) is 16.9 Å². The minimum atomic E-state index is -0.572. The van der Waals surface area contributed by atoms with Gasteiger partial charge >= 0.3 is 0 Å². The normalized spacial score (nSPS) is 18.4. The predicted molar refractivity (Wildman–Crippen MR) is 87.0 cm³/mol. The third kappa shape index (κ3) is 3.68. The molecular formula is C16H19FN2O2S. The molecule has 0 aliphatic carbocycles. The first-order valence-corrected chi connectivity index (χ1v) is 8.31. The van der Waals surface area contributed by atoms with E-state index in [1.807, 2.05) is 13.0 Å². The molecule has 0 bridgehead atoms. The van der Waals surface area contributed by atoms with E-state index in [4.69, 9.17) is 0 Å². The van der Waals surface area contributed by atoms with Gasteiger partial charge in [-0.05, 0) is 25.5 Å². The molecule has 0 aromatic heterocycles. The minimum absolute atomic E-state index is 0.137. The largest absolute Gasteiger partial charge is 0.322 e. The summed E-state index contributed by atoms with van der Waals surface area (Å²) >= 11 is 1.52. The topological polar surface area (TPSA) is 49.4 Å². The number of benzene rings is 1. The highest BCUT2D eigenvalue weighted by Crippen LogP contribution is 2.24. The molecule has 2 amide bonds. The van der Waals surface area contributed by atoms with Gasteiger partial charge in [-0.1, -0.05) is 25.1 Å². The number of anilines is 1. The first kappa shape index (κ1) is 16.5. The second kappa shape index (κ2) is 7.45. The van der Waals surface area contributed by atoms with Crippen molar-refractivity contribution in [3.8, 4) is 0 Å². The maximum Gasteiger partial charge on any atom is 0.250 e. The number of allylic oxidation sites excluding steroid dienone is 1. The molecule has 1 N–H and O–H groups in total. The van der Waals surface area contributed by atoms with Gasteiger partial charge in [0.1, 0.15) is 11.9 Å². The molecule has 0 saturated carbocycles. The van der Waals surface area contributed by atoms with Crippen molar-refractivity contribution in [1.29, 1.82) is 0 Å². The maximum atomic E-state index is 13.6. The summed E-state index contributed by atoms with van der Waals surface area (Å²) in [7, 11) is 0. The Morgan fingerprint density at radius 1 is 1.45 bits per heavy atom. The number of nitrogens with one attached hydrogen (secondary N) is 1.